The van der Waals surface area contributed by atoms with Gasteiger partial charge < -0.3 is 15.1 Å². The average molecular weight is 412 g/mol. The molecule has 10 heteroatoms. The Balaban J connectivity index is 2.18. The number of rotatable bonds is 7. The van der Waals surface area contributed by atoms with E-state index in [2.05, 4.69) is 10.6 Å². The minimum atomic E-state index is -4.06. The molecule has 1 unspecified atom stereocenters. The SMILES string of the molecule is CNC(=O)NS(=O)(=O)c1cc(CC(=O)NC(C)c2ccco2)ccc1SC. The van der Waals surface area contributed by atoms with Crippen LogP contribution in [0.5, 0.6) is 0 Å². The third kappa shape index (κ3) is 5.51. The van der Waals surface area contributed by atoms with E-state index in [4.69, 9.17) is 4.42 Å². The smallest absolute Gasteiger partial charge is 0.328 e. The molecular weight excluding hydrogens is 390 g/mol. The zero-order chi connectivity index (χ0) is 20.0. The van der Waals surface area contributed by atoms with Crippen LogP contribution in [0.25, 0.3) is 0 Å². The fraction of sp³-hybridized carbons (Fsp3) is 0.294. The van der Waals surface area contributed by atoms with Crippen molar-refractivity contribution in [2.24, 2.45) is 0 Å². The van der Waals surface area contributed by atoms with E-state index >= 15 is 0 Å². The molecule has 2 aromatic rings. The lowest BCUT2D eigenvalue weighted by molar-refractivity contribution is -0.121. The van der Waals surface area contributed by atoms with Crippen molar-refractivity contribution in [2.75, 3.05) is 13.3 Å². The highest BCUT2D eigenvalue weighted by molar-refractivity contribution is 7.99. The van der Waals surface area contributed by atoms with E-state index in [-0.39, 0.29) is 23.3 Å². The number of urea groups is 1. The number of carbonyl (C=O) groups excluding carboxylic acids is 2. The Labute approximate surface area is 162 Å². The zero-order valence-corrected chi connectivity index (χ0v) is 16.7. The first-order chi connectivity index (χ1) is 12.8. The van der Waals surface area contributed by atoms with Gasteiger partial charge in [0.15, 0.2) is 0 Å². The summed E-state index contributed by atoms with van der Waals surface area (Å²) in [7, 11) is -2.74. The maximum Gasteiger partial charge on any atom is 0.328 e. The van der Waals surface area contributed by atoms with Crippen molar-refractivity contribution in [3.63, 3.8) is 0 Å². The molecule has 0 spiro atoms. The monoisotopic (exact) mass is 411 g/mol. The number of amides is 3. The summed E-state index contributed by atoms with van der Waals surface area (Å²) >= 11 is 1.23. The first kappa shape index (κ1) is 20.8. The molecule has 0 radical (unpaired) electrons. The standard InChI is InChI=1S/C17H21N3O5S2/c1-11(13-5-4-8-25-13)19-16(21)10-12-6-7-14(26-3)15(9-12)27(23,24)20-17(22)18-2/h4-9,11H,10H2,1-3H3,(H,19,21)(H2,18,20,22). The molecule has 0 aliphatic rings. The molecule has 0 bridgehead atoms. The highest BCUT2D eigenvalue weighted by Crippen LogP contribution is 2.26. The Hall–Kier alpha value is -2.46. The summed E-state index contributed by atoms with van der Waals surface area (Å²) in [5.74, 6) is 0.345. The van der Waals surface area contributed by atoms with Crippen LogP contribution in [0.15, 0.2) is 50.8 Å². The Morgan fingerprint density at radius 2 is 2.00 bits per heavy atom. The molecular formula is C17H21N3O5S2. The fourth-order valence-electron chi connectivity index (χ4n) is 2.36. The largest absolute Gasteiger partial charge is 0.467 e. The molecule has 0 saturated heterocycles. The number of hydrogen-bond acceptors (Lipinski definition) is 6. The molecule has 0 fully saturated rings. The molecule has 0 saturated carbocycles. The van der Waals surface area contributed by atoms with Gasteiger partial charge in [-0.15, -0.1) is 11.8 Å². The molecule has 2 rings (SSSR count). The number of furan rings is 1. The van der Waals surface area contributed by atoms with Gasteiger partial charge >= 0.3 is 6.03 Å². The van der Waals surface area contributed by atoms with E-state index in [0.29, 0.717) is 16.2 Å². The van der Waals surface area contributed by atoms with Gasteiger partial charge in [-0.3, -0.25) is 4.79 Å². The molecule has 3 N–H and O–H groups in total. The van der Waals surface area contributed by atoms with Crippen molar-refractivity contribution in [3.05, 3.63) is 47.9 Å². The summed E-state index contributed by atoms with van der Waals surface area (Å²) < 4.78 is 32.1. The van der Waals surface area contributed by atoms with Crippen LogP contribution < -0.4 is 15.4 Å². The van der Waals surface area contributed by atoms with E-state index in [1.165, 1.54) is 31.1 Å². The van der Waals surface area contributed by atoms with Crippen molar-refractivity contribution in [1.82, 2.24) is 15.4 Å². The Bertz CT molecular complexity index is 911. The predicted molar refractivity (Wildman–Crippen MR) is 102 cm³/mol. The first-order valence-corrected chi connectivity index (χ1v) is 10.7. The second-order valence-electron chi connectivity index (χ2n) is 5.65. The highest BCUT2D eigenvalue weighted by atomic mass is 32.2. The molecule has 1 aromatic heterocycles. The topological polar surface area (TPSA) is 118 Å². The van der Waals surface area contributed by atoms with Crippen LogP contribution in [0.2, 0.25) is 0 Å². The summed E-state index contributed by atoms with van der Waals surface area (Å²) in [6.45, 7) is 1.79. The number of benzene rings is 1. The van der Waals surface area contributed by atoms with Crippen molar-refractivity contribution >= 4 is 33.7 Å². The average Bonchev–Trinajstić information content (AvgIpc) is 3.16. The van der Waals surface area contributed by atoms with Gasteiger partial charge in [0, 0.05) is 11.9 Å². The third-order valence-corrected chi connectivity index (χ3v) is 5.98. The highest BCUT2D eigenvalue weighted by Gasteiger charge is 2.22. The van der Waals surface area contributed by atoms with Gasteiger partial charge in [0.05, 0.1) is 18.7 Å². The summed E-state index contributed by atoms with van der Waals surface area (Å²) in [6, 6.07) is 7.04. The van der Waals surface area contributed by atoms with E-state index in [0.717, 1.165) is 0 Å². The summed E-state index contributed by atoms with van der Waals surface area (Å²) in [5.41, 5.74) is 0.509. The molecule has 3 amide bonds. The maximum absolute atomic E-state index is 12.5. The lowest BCUT2D eigenvalue weighted by Gasteiger charge is -2.14. The van der Waals surface area contributed by atoms with Gasteiger partial charge in [-0.05, 0) is 43.0 Å². The van der Waals surface area contributed by atoms with Crippen LogP contribution >= 0.6 is 11.8 Å². The van der Waals surface area contributed by atoms with Crippen LogP contribution in [0, 0.1) is 0 Å². The van der Waals surface area contributed by atoms with Crippen molar-refractivity contribution in [2.45, 2.75) is 29.2 Å². The molecule has 0 aliphatic heterocycles. The molecule has 0 aliphatic carbocycles. The van der Waals surface area contributed by atoms with Crippen molar-refractivity contribution in [3.8, 4) is 0 Å². The third-order valence-electron chi connectivity index (χ3n) is 3.68. The van der Waals surface area contributed by atoms with E-state index in [9.17, 15) is 18.0 Å². The summed E-state index contributed by atoms with van der Waals surface area (Å²) in [4.78, 5) is 24.1. The number of nitrogens with one attached hydrogen (secondary N) is 3. The quantitative estimate of drug-likeness (QED) is 0.600. The van der Waals surface area contributed by atoms with E-state index in [1.54, 1.807) is 37.4 Å². The minimum absolute atomic E-state index is 0.0117. The fourth-order valence-corrected chi connectivity index (χ4v) is 4.49. The van der Waals surface area contributed by atoms with Gasteiger partial charge in [-0.2, -0.15) is 0 Å². The number of thioether (sulfide) groups is 1. The minimum Gasteiger partial charge on any atom is -0.467 e. The van der Waals surface area contributed by atoms with Gasteiger partial charge in [-0.25, -0.2) is 17.9 Å². The molecule has 27 heavy (non-hydrogen) atoms. The first-order valence-electron chi connectivity index (χ1n) is 8.01. The molecule has 1 heterocycles. The zero-order valence-electron chi connectivity index (χ0n) is 15.1. The van der Waals surface area contributed by atoms with E-state index in [1.807, 2.05) is 4.72 Å². The second-order valence-corrected chi connectivity index (χ2v) is 8.15. The molecule has 8 nitrogen and oxygen atoms in total. The molecule has 1 aromatic carbocycles. The van der Waals surface area contributed by atoms with Crippen LogP contribution in [0.3, 0.4) is 0 Å². The van der Waals surface area contributed by atoms with Crippen LogP contribution in [0.1, 0.15) is 24.3 Å². The Morgan fingerprint density at radius 3 is 2.59 bits per heavy atom. The van der Waals surface area contributed by atoms with Gasteiger partial charge in [0.1, 0.15) is 10.7 Å². The lowest BCUT2D eigenvalue weighted by atomic mass is 10.1. The van der Waals surface area contributed by atoms with Crippen LogP contribution in [-0.2, 0) is 21.2 Å². The predicted octanol–water partition coefficient (Wildman–Crippen LogP) is 2.04. The molecule has 1 atom stereocenters. The second kappa shape index (κ2) is 8.96. The van der Waals surface area contributed by atoms with Crippen LogP contribution in [0.4, 0.5) is 4.79 Å². The normalized spacial score (nSPS) is 12.3. The van der Waals surface area contributed by atoms with E-state index < -0.39 is 16.1 Å². The number of sulfonamides is 1. The number of carbonyl (C=O) groups is 2. The van der Waals surface area contributed by atoms with Gasteiger partial charge in [0.2, 0.25) is 5.91 Å². The lowest BCUT2D eigenvalue weighted by Crippen LogP contribution is -2.37. The van der Waals surface area contributed by atoms with Crippen LogP contribution in [-0.4, -0.2) is 33.7 Å². The summed E-state index contributed by atoms with van der Waals surface area (Å²) in [5, 5.41) is 4.99. The Kier molecular flexibility index (Phi) is 6.92. The van der Waals surface area contributed by atoms with Gasteiger partial charge in [0.25, 0.3) is 10.0 Å². The molecule has 146 valence electrons. The van der Waals surface area contributed by atoms with Crippen molar-refractivity contribution < 1.29 is 22.4 Å². The number of hydrogen-bond donors (Lipinski definition) is 3. The summed E-state index contributed by atoms with van der Waals surface area (Å²) in [6.07, 6.45) is 3.24. The van der Waals surface area contributed by atoms with Crippen molar-refractivity contribution in [1.29, 1.82) is 0 Å². The maximum atomic E-state index is 12.5. The Morgan fingerprint density at radius 1 is 1.26 bits per heavy atom. The van der Waals surface area contributed by atoms with Gasteiger partial charge in [-0.1, -0.05) is 6.07 Å².